The van der Waals surface area contributed by atoms with Gasteiger partial charge in [0.25, 0.3) is 0 Å². The van der Waals surface area contributed by atoms with E-state index in [1.165, 1.54) is 63.4 Å². The minimum absolute atomic E-state index is 0.407. The van der Waals surface area contributed by atoms with E-state index >= 15 is 0 Å². The summed E-state index contributed by atoms with van der Waals surface area (Å²) >= 11 is 0. The largest absolute Gasteiger partial charge is 0.490 e. The summed E-state index contributed by atoms with van der Waals surface area (Å²) in [5.41, 5.74) is 1.18. The Labute approximate surface area is 134 Å². The minimum Gasteiger partial charge on any atom is -0.490 e. The molecule has 1 aromatic carbocycles. The molecular weight excluding hydrogens is 274 g/mol. The Morgan fingerprint density at radius 2 is 1.59 bits per heavy atom. The summed E-state index contributed by atoms with van der Waals surface area (Å²) in [5, 5.41) is 2.11. The molecule has 0 radical (unpaired) electrons. The highest BCUT2D eigenvalue weighted by atomic mass is 16.7. The molecule has 1 aliphatic heterocycles. The van der Waals surface area contributed by atoms with Gasteiger partial charge in [-0.25, -0.2) is 0 Å². The molecule has 0 atom stereocenters. The highest BCUT2D eigenvalue weighted by Crippen LogP contribution is 2.28. The zero-order chi connectivity index (χ0) is 15.2. The van der Waals surface area contributed by atoms with Crippen molar-refractivity contribution < 1.29 is 9.57 Å². The van der Waals surface area contributed by atoms with Crippen molar-refractivity contribution in [3.63, 3.8) is 0 Å². The van der Waals surface area contributed by atoms with Gasteiger partial charge in [-0.1, -0.05) is 19.3 Å². The average molecular weight is 303 g/mol. The third kappa shape index (κ3) is 4.39. The molecule has 1 heterocycles. The molecule has 0 aromatic heterocycles. The number of ether oxygens (including phenoxy) is 1. The Balaban J connectivity index is 1.58. The van der Waals surface area contributed by atoms with E-state index in [9.17, 15) is 0 Å². The van der Waals surface area contributed by atoms with Gasteiger partial charge < -0.3 is 9.57 Å². The molecule has 22 heavy (non-hydrogen) atoms. The molecular formula is C19H29NO2. The summed E-state index contributed by atoms with van der Waals surface area (Å²) in [6, 6.07) is 6.25. The third-order valence-corrected chi connectivity index (χ3v) is 4.79. The van der Waals surface area contributed by atoms with E-state index in [4.69, 9.17) is 9.57 Å². The smallest absolute Gasteiger partial charge is 0.148 e. The lowest BCUT2D eigenvalue weighted by atomic mass is 9.98. The SMILES string of the molecule is Cc1cc(ON2CCCCCC2)ccc1OC1CCCCC1. The molecule has 2 aliphatic rings. The first kappa shape index (κ1) is 15.7. The van der Waals surface area contributed by atoms with Crippen LogP contribution in [0, 0.1) is 6.92 Å². The van der Waals surface area contributed by atoms with Crippen LogP contribution >= 0.6 is 0 Å². The van der Waals surface area contributed by atoms with Gasteiger partial charge in [-0.05, 0) is 69.2 Å². The summed E-state index contributed by atoms with van der Waals surface area (Å²) < 4.78 is 6.18. The molecule has 1 aromatic rings. The fourth-order valence-corrected chi connectivity index (χ4v) is 3.46. The van der Waals surface area contributed by atoms with Crippen molar-refractivity contribution in [3.05, 3.63) is 23.8 Å². The Morgan fingerprint density at radius 1 is 0.909 bits per heavy atom. The predicted octanol–water partition coefficient (Wildman–Crippen LogP) is 4.88. The van der Waals surface area contributed by atoms with Gasteiger partial charge in [0.15, 0.2) is 0 Å². The van der Waals surface area contributed by atoms with E-state index in [0.29, 0.717) is 6.10 Å². The van der Waals surface area contributed by atoms with Crippen LogP contribution in [-0.4, -0.2) is 24.3 Å². The zero-order valence-corrected chi connectivity index (χ0v) is 13.9. The van der Waals surface area contributed by atoms with Crippen LogP contribution in [0.15, 0.2) is 18.2 Å². The highest BCUT2D eigenvalue weighted by molar-refractivity contribution is 5.39. The van der Waals surface area contributed by atoms with E-state index < -0.39 is 0 Å². The van der Waals surface area contributed by atoms with Crippen molar-refractivity contribution in [2.75, 3.05) is 13.1 Å². The molecule has 122 valence electrons. The fraction of sp³-hybridized carbons (Fsp3) is 0.684. The second kappa shape index (κ2) is 7.87. The molecule has 0 bridgehead atoms. The van der Waals surface area contributed by atoms with E-state index in [1.807, 2.05) is 0 Å². The number of hydrogen-bond donors (Lipinski definition) is 0. The van der Waals surface area contributed by atoms with Crippen molar-refractivity contribution in [2.24, 2.45) is 0 Å². The number of hydroxylamine groups is 2. The van der Waals surface area contributed by atoms with Gasteiger partial charge in [0, 0.05) is 13.1 Å². The van der Waals surface area contributed by atoms with E-state index in [2.05, 4.69) is 30.2 Å². The summed E-state index contributed by atoms with van der Waals surface area (Å²) in [5.74, 6) is 1.96. The fourth-order valence-electron chi connectivity index (χ4n) is 3.46. The van der Waals surface area contributed by atoms with Gasteiger partial charge >= 0.3 is 0 Å². The maximum atomic E-state index is 6.18. The van der Waals surface area contributed by atoms with Crippen LogP contribution in [-0.2, 0) is 0 Å². The zero-order valence-electron chi connectivity index (χ0n) is 13.9. The molecule has 3 heteroatoms. The summed E-state index contributed by atoms with van der Waals surface area (Å²) in [6.07, 6.45) is 11.9. The average Bonchev–Trinajstić information content (AvgIpc) is 2.80. The first-order chi connectivity index (χ1) is 10.8. The lowest BCUT2D eigenvalue weighted by Gasteiger charge is -2.24. The third-order valence-electron chi connectivity index (χ3n) is 4.79. The monoisotopic (exact) mass is 303 g/mol. The van der Waals surface area contributed by atoms with Gasteiger partial charge in [0.05, 0.1) is 6.10 Å². The Bertz CT molecular complexity index is 461. The molecule has 1 saturated heterocycles. The van der Waals surface area contributed by atoms with Crippen LogP contribution in [0.5, 0.6) is 11.5 Å². The number of nitrogens with zero attached hydrogens (tertiary/aromatic N) is 1. The van der Waals surface area contributed by atoms with Crippen LogP contribution in [0.4, 0.5) is 0 Å². The first-order valence-electron chi connectivity index (χ1n) is 9.01. The maximum Gasteiger partial charge on any atom is 0.148 e. The molecule has 0 amide bonds. The van der Waals surface area contributed by atoms with E-state index in [-0.39, 0.29) is 0 Å². The molecule has 1 saturated carbocycles. The van der Waals surface area contributed by atoms with Crippen molar-refractivity contribution in [3.8, 4) is 11.5 Å². The lowest BCUT2D eigenvalue weighted by molar-refractivity contribution is -0.0551. The van der Waals surface area contributed by atoms with Crippen molar-refractivity contribution >= 4 is 0 Å². The first-order valence-corrected chi connectivity index (χ1v) is 9.01. The van der Waals surface area contributed by atoms with Gasteiger partial charge in [0.1, 0.15) is 11.5 Å². The van der Waals surface area contributed by atoms with Crippen molar-refractivity contribution in [2.45, 2.75) is 70.8 Å². The molecule has 3 nitrogen and oxygen atoms in total. The molecule has 0 spiro atoms. The lowest BCUT2D eigenvalue weighted by Crippen LogP contribution is -2.28. The Kier molecular flexibility index (Phi) is 5.60. The Hall–Kier alpha value is -1.22. The summed E-state index contributed by atoms with van der Waals surface area (Å²) in [7, 11) is 0. The summed E-state index contributed by atoms with van der Waals surface area (Å²) in [4.78, 5) is 6.04. The van der Waals surface area contributed by atoms with E-state index in [0.717, 1.165) is 24.6 Å². The quantitative estimate of drug-likeness (QED) is 0.791. The topological polar surface area (TPSA) is 21.7 Å². The predicted molar refractivity (Wildman–Crippen MR) is 89.3 cm³/mol. The molecule has 2 fully saturated rings. The van der Waals surface area contributed by atoms with Crippen LogP contribution in [0.25, 0.3) is 0 Å². The maximum absolute atomic E-state index is 6.18. The number of aryl methyl sites for hydroxylation is 1. The van der Waals surface area contributed by atoms with Crippen LogP contribution in [0.2, 0.25) is 0 Å². The van der Waals surface area contributed by atoms with Gasteiger partial charge in [0.2, 0.25) is 0 Å². The van der Waals surface area contributed by atoms with Gasteiger partial charge in [-0.15, -0.1) is 5.06 Å². The normalized spacial score (nSPS) is 21.3. The van der Waals surface area contributed by atoms with Crippen molar-refractivity contribution in [1.29, 1.82) is 0 Å². The van der Waals surface area contributed by atoms with Crippen LogP contribution in [0.3, 0.4) is 0 Å². The highest BCUT2D eigenvalue weighted by Gasteiger charge is 2.16. The summed E-state index contributed by atoms with van der Waals surface area (Å²) in [6.45, 7) is 4.20. The minimum atomic E-state index is 0.407. The number of rotatable bonds is 4. The van der Waals surface area contributed by atoms with Gasteiger partial charge in [-0.2, -0.15) is 0 Å². The molecule has 0 unspecified atom stereocenters. The second-order valence-electron chi connectivity index (χ2n) is 6.74. The van der Waals surface area contributed by atoms with E-state index in [1.54, 1.807) is 0 Å². The second-order valence-corrected chi connectivity index (χ2v) is 6.74. The van der Waals surface area contributed by atoms with Crippen LogP contribution < -0.4 is 9.57 Å². The molecule has 0 N–H and O–H groups in total. The van der Waals surface area contributed by atoms with Crippen LogP contribution in [0.1, 0.15) is 63.4 Å². The number of benzene rings is 1. The molecule has 3 rings (SSSR count). The molecule has 1 aliphatic carbocycles. The standard InChI is InChI=1S/C19H29NO2/c1-16-15-18(22-20-13-7-2-3-8-14-20)11-12-19(16)21-17-9-5-4-6-10-17/h11-12,15,17H,2-10,13-14H2,1H3. The van der Waals surface area contributed by atoms with Crippen molar-refractivity contribution in [1.82, 2.24) is 5.06 Å². The Morgan fingerprint density at radius 3 is 2.27 bits per heavy atom. The van der Waals surface area contributed by atoms with Gasteiger partial charge in [-0.3, -0.25) is 0 Å². The number of hydrogen-bond acceptors (Lipinski definition) is 3.